The van der Waals surface area contributed by atoms with Gasteiger partial charge in [0.15, 0.2) is 0 Å². The summed E-state index contributed by atoms with van der Waals surface area (Å²) >= 11 is -2.01. The molecule has 2 heterocycles. The predicted molar refractivity (Wildman–Crippen MR) is 106 cm³/mol. The fourth-order valence-corrected chi connectivity index (χ4v) is 3.69. The number of nitrogens with zero attached hydrogens (tertiary/aromatic N) is 1. The molecule has 1 aliphatic rings. The van der Waals surface area contributed by atoms with Gasteiger partial charge in [-0.15, -0.1) is 0 Å². The van der Waals surface area contributed by atoms with Gasteiger partial charge in [0.1, 0.15) is 5.75 Å². The average Bonchev–Trinajstić information content (AvgIpc) is 2.73. The summed E-state index contributed by atoms with van der Waals surface area (Å²) in [7, 11) is 0. The van der Waals surface area contributed by atoms with Gasteiger partial charge in [-0.05, 0) is 55.2 Å². The molecule has 1 aromatic heterocycles. The molecule has 1 saturated heterocycles. The van der Waals surface area contributed by atoms with Crippen LogP contribution < -0.4 is 9.46 Å². The molecule has 1 aromatic carbocycles. The fourth-order valence-electron chi connectivity index (χ4n) is 3.39. The van der Waals surface area contributed by atoms with E-state index in [-0.39, 0.29) is 5.92 Å². The SMILES string of the molecule is O=S(O)NCCC1CCOCC1COc1ccc(-c2ccc(C(F)(F)F)cn2)cc1. The Kier molecular flexibility index (Phi) is 7.81. The molecule has 1 aliphatic heterocycles. The van der Waals surface area contributed by atoms with E-state index >= 15 is 0 Å². The molecule has 3 atom stereocenters. The number of pyridine rings is 1. The Morgan fingerprint density at radius 1 is 1.20 bits per heavy atom. The van der Waals surface area contributed by atoms with E-state index in [9.17, 15) is 17.4 Å². The third kappa shape index (κ3) is 6.49. The van der Waals surface area contributed by atoms with Crippen molar-refractivity contribution in [1.82, 2.24) is 9.71 Å². The summed E-state index contributed by atoms with van der Waals surface area (Å²) < 4.78 is 71.4. The number of halogens is 3. The molecule has 6 nitrogen and oxygen atoms in total. The predicted octanol–water partition coefficient (Wildman–Crippen LogP) is 3.92. The van der Waals surface area contributed by atoms with E-state index in [1.54, 1.807) is 24.3 Å². The molecule has 30 heavy (non-hydrogen) atoms. The zero-order valence-corrected chi connectivity index (χ0v) is 16.9. The van der Waals surface area contributed by atoms with Gasteiger partial charge in [-0.25, -0.2) is 8.93 Å². The number of benzene rings is 1. The van der Waals surface area contributed by atoms with Crippen molar-refractivity contribution < 1.29 is 31.4 Å². The van der Waals surface area contributed by atoms with Crippen molar-refractivity contribution in [3.63, 3.8) is 0 Å². The molecule has 10 heteroatoms. The molecule has 0 radical (unpaired) electrons. The van der Waals surface area contributed by atoms with Gasteiger partial charge in [0.2, 0.25) is 11.3 Å². The van der Waals surface area contributed by atoms with Crippen LogP contribution in [-0.2, 0) is 22.2 Å². The average molecular weight is 444 g/mol. The first-order valence-corrected chi connectivity index (χ1v) is 10.6. The number of nitrogens with one attached hydrogen (secondary N) is 1. The van der Waals surface area contributed by atoms with E-state index in [2.05, 4.69) is 9.71 Å². The zero-order chi connectivity index (χ0) is 21.6. The maximum absolute atomic E-state index is 12.7. The van der Waals surface area contributed by atoms with E-state index in [1.165, 1.54) is 6.07 Å². The summed E-state index contributed by atoms with van der Waals surface area (Å²) in [6, 6.07) is 9.36. The third-order valence-corrected chi connectivity index (χ3v) is 5.53. The van der Waals surface area contributed by atoms with E-state index in [0.29, 0.717) is 49.3 Å². The van der Waals surface area contributed by atoms with Crippen LogP contribution in [0.25, 0.3) is 11.3 Å². The highest BCUT2D eigenvalue weighted by atomic mass is 32.2. The number of hydrogen-bond acceptors (Lipinski definition) is 4. The highest BCUT2D eigenvalue weighted by molar-refractivity contribution is 7.77. The maximum atomic E-state index is 12.7. The normalized spacial score (nSPS) is 20.7. The third-order valence-electron chi connectivity index (χ3n) is 5.08. The van der Waals surface area contributed by atoms with Crippen molar-refractivity contribution in [3.8, 4) is 17.0 Å². The van der Waals surface area contributed by atoms with Gasteiger partial charge < -0.3 is 9.47 Å². The van der Waals surface area contributed by atoms with Crippen LogP contribution in [0.2, 0.25) is 0 Å². The Bertz CT molecular complexity index is 831. The van der Waals surface area contributed by atoms with Crippen LogP contribution >= 0.6 is 0 Å². The van der Waals surface area contributed by atoms with E-state index in [4.69, 9.17) is 14.0 Å². The maximum Gasteiger partial charge on any atom is 0.417 e. The van der Waals surface area contributed by atoms with Gasteiger partial charge in [0.05, 0.1) is 24.5 Å². The largest absolute Gasteiger partial charge is 0.493 e. The molecule has 3 rings (SSSR count). The van der Waals surface area contributed by atoms with E-state index in [0.717, 1.165) is 25.1 Å². The van der Waals surface area contributed by atoms with Crippen LogP contribution in [0.15, 0.2) is 42.6 Å². The van der Waals surface area contributed by atoms with Gasteiger partial charge >= 0.3 is 6.18 Å². The molecular formula is C20H23F3N2O4S. The first-order chi connectivity index (χ1) is 14.3. The number of rotatable bonds is 8. The molecule has 164 valence electrons. The molecule has 2 aromatic rings. The van der Waals surface area contributed by atoms with Crippen LogP contribution in [0.4, 0.5) is 13.2 Å². The second kappa shape index (κ2) is 10.3. The zero-order valence-electron chi connectivity index (χ0n) is 16.1. The smallest absolute Gasteiger partial charge is 0.417 e. The Morgan fingerprint density at radius 3 is 2.60 bits per heavy atom. The second-order valence-corrected chi connectivity index (χ2v) is 7.87. The summed E-state index contributed by atoms with van der Waals surface area (Å²) in [5.41, 5.74) is 0.359. The lowest BCUT2D eigenvalue weighted by Gasteiger charge is -2.31. The van der Waals surface area contributed by atoms with Gasteiger partial charge in [0, 0.05) is 30.8 Å². The molecule has 0 aliphatic carbocycles. The van der Waals surface area contributed by atoms with Crippen molar-refractivity contribution in [1.29, 1.82) is 0 Å². The Morgan fingerprint density at radius 2 is 1.97 bits per heavy atom. The minimum absolute atomic E-state index is 0.170. The monoisotopic (exact) mass is 444 g/mol. The van der Waals surface area contributed by atoms with Crippen LogP contribution in [0.3, 0.4) is 0 Å². The van der Waals surface area contributed by atoms with Crippen molar-refractivity contribution in [2.75, 3.05) is 26.4 Å². The second-order valence-electron chi connectivity index (χ2n) is 7.08. The highest BCUT2D eigenvalue weighted by Crippen LogP contribution is 2.30. The van der Waals surface area contributed by atoms with Crippen molar-refractivity contribution in [2.24, 2.45) is 11.8 Å². The van der Waals surface area contributed by atoms with Crippen LogP contribution in [0.1, 0.15) is 18.4 Å². The van der Waals surface area contributed by atoms with E-state index in [1.807, 2.05) is 0 Å². The first kappa shape index (κ1) is 22.7. The van der Waals surface area contributed by atoms with Gasteiger partial charge in [0.25, 0.3) is 0 Å². The standard InChI is InChI=1S/C20H23F3N2O4S/c21-20(22,23)17-3-6-19(24-11-17)15-1-4-18(5-2-15)29-13-16-12-28-10-8-14(16)7-9-25-30(26)27/h1-6,11,14,16,25H,7-10,12-13H2,(H,26,27). The molecule has 0 amide bonds. The molecule has 1 fully saturated rings. The molecule has 3 unspecified atom stereocenters. The van der Waals surface area contributed by atoms with Crippen molar-refractivity contribution in [2.45, 2.75) is 19.0 Å². The first-order valence-electron chi connectivity index (χ1n) is 9.51. The summed E-state index contributed by atoms with van der Waals surface area (Å²) in [5.74, 6) is 1.14. The van der Waals surface area contributed by atoms with Crippen LogP contribution in [0.5, 0.6) is 5.75 Å². The Balaban J connectivity index is 1.55. The quantitative estimate of drug-likeness (QED) is 0.604. The summed E-state index contributed by atoms with van der Waals surface area (Å²) in [6.07, 6.45) is -1.96. The molecule has 0 bridgehead atoms. The fraction of sp³-hybridized carbons (Fsp3) is 0.450. The van der Waals surface area contributed by atoms with E-state index < -0.39 is 23.0 Å². The summed E-state index contributed by atoms with van der Waals surface area (Å²) in [5, 5.41) is 0. The number of alkyl halides is 3. The minimum atomic E-state index is -4.41. The minimum Gasteiger partial charge on any atom is -0.493 e. The highest BCUT2D eigenvalue weighted by Gasteiger charge is 2.30. The molecule has 0 spiro atoms. The van der Waals surface area contributed by atoms with Crippen molar-refractivity contribution in [3.05, 3.63) is 48.2 Å². The van der Waals surface area contributed by atoms with Crippen molar-refractivity contribution >= 4 is 11.3 Å². The van der Waals surface area contributed by atoms with Crippen LogP contribution in [0, 0.1) is 11.8 Å². The Labute approximate surface area is 175 Å². The lowest BCUT2D eigenvalue weighted by molar-refractivity contribution is -0.137. The molecular weight excluding hydrogens is 421 g/mol. The molecule has 0 saturated carbocycles. The lowest BCUT2D eigenvalue weighted by atomic mass is 9.86. The number of hydrogen-bond donors (Lipinski definition) is 2. The van der Waals surface area contributed by atoms with Crippen LogP contribution in [-0.4, -0.2) is 40.1 Å². The van der Waals surface area contributed by atoms with Gasteiger partial charge in [-0.1, -0.05) is 0 Å². The number of aromatic nitrogens is 1. The Hall–Kier alpha value is -2.01. The molecule has 2 N–H and O–H groups in total. The van der Waals surface area contributed by atoms with Gasteiger partial charge in [-0.2, -0.15) is 13.2 Å². The summed E-state index contributed by atoms with van der Waals surface area (Å²) in [6.45, 7) is 2.13. The summed E-state index contributed by atoms with van der Waals surface area (Å²) in [4.78, 5) is 3.89. The topological polar surface area (TPSA) is 80.7 Å². The lowest BCUT2D eigenvalue weighted by Crippen LogP contribution is -2.34. The number of ether oxygens (including phenoxy) is 2. The van der Waals surface area contributed by atoms with Gasteiger partial charge in [-0.3, -0.25) is 9.54 Å².